The number of sulfonamides is 1. The molecule has 0 saturated carbocycles. The van der Waals surface area contributed by atoms with E-state index in [2.05, 4.69) is 0 Å². The molecule has 0 heterocycles. The highest BCUT2D eigenvalue weighted by molar-refractivity contribution is 7.89. The molecule has 1 rings (SSSR count). The normalized spacial score (nSPS) is 11.9. The molecule has 3 N–H and O–H groups in total. The van der Waals surface area contributed by atoms with E-state index in [-0.39, 0.29) is 22.2 Å². The van der Waals surface area contributed by atoms with Crippen LogP contribution in [0.3, 0.4) is 0 Å². The second-order valence-corrected chi connectivity index (χ2v) is 5.72. The number of benzene rings is 1. The zero-order valence-corrected chi connectivity index (χ0v) is 11.6. The number of halogens is 3. The smallest absolute Gasteiger partial charge is 0.251 e. The van der Waals surface area contributed by atoms with Crippen LogP contribution >= 0.6 is 11.6 Å². The molecule has 0 bridgehead atoms. The fraction of sp³-hybridized carbons (Fsp3) is 0.400. The monoisotopic (exact) mass is 314 g/mol. The molecule has 0 amide bonds. The zero-order valence-electron chi connectivity index (χ0n) is 9.99. The van der Waals surface area contributed by atoms with E-state index in [0.717, 1.165) is 6.07 Å². The van der Waals surface area contributed by atoms with E-state index in [0.29, 0.717) is 5.56 Å². The summed E-state index contributed by atoms with van der Waals surface area (Å²) >= 11 is 5.77. The van der Waals surface area contributed by atoms with Crippen LogP contribution in [0, 0.1) is 0 Å². The van der Waals surface area contributed by atoms with Gasteiger partial charge in [0.2, 0.25) is 10.0 Å². The SMILES string of the molecule is COc1c(CN)cc(Cl)cc1S(=O)(=O)NCC(F)F. The molecule has 0 radical (unpaired) electrons. The third kappa shape index (κ3) is 4.00. The molecule has 0 fully saturated rings. The van der Waals surface area contributed by atoms with E-state index >= 15 is 0 Å². The van der Waals surface area contributed by atoms with Gasteiger partial charge in [0.1, 0.15) is 10.6 Å². The van der Waals surface area contributed by atoms with Crippen LogP contribution in [0.25, 0.3) is 0 Å². The predicted octanol–water partition coefficient (Wildman–Crippen LogP) is 1.35. The lowest BCUT2D eigenvalue weighted by Crippen LogP contribution is -2.29. The average Bonchev–Trinajstić information content (AvgIpc) is 2.35. The van der Waals surface area contributed by atoms with Crippen LogP contribution in [0.15, 0.2) is 17.0 Å². The Balaban J connectivity index is 3.28. The van der Waals surface area contributed by atoms with Gasteiger partial charge in [-0.2, -0.15) is 0 Å². The van der Waals surface area contributed by atoms with Crippen LogP contribution in [-0.4, -0.2) is 28.5 Å². The highest BCUT2D eigenvalue weighted by atomic mass is 35.5. The minimum Gasteiger partial charge on any atom is -0.495 e. The Morgan fingerprint density at radius 1 is 1.47 bits per heavy atom. The number of hydrogen-bond acceptors (Lipinski definition) is 4. The molecule has 0 aliphatic heterocycles. The summed E-state index contributed by atoms with van der Waals surface area (Å²) in [6, 6.07) is 2.57. The van der Waals surface area contributed by atoms with Crippen molar-refractivity contribution in [3.8, 4) is 5.75 Å². The molecule has 1 aromatic rings. The maximum Gasteiger partial charge on any atom is 0.251 e. The first-order valence-corrected chi connectivity index (χ1v) is 7.02. The van der Waals surface area contributed by atoms with Crippen LogP contribution in [0.5, 0.6) is 5.75 Å². The van der Waals surface area contributed by atoms with Gasteiger partial charge >= 0.3 is 0 Å². The summed E-state index contributed by atoms with van der Waals surface area (Å²) in [5, 5.41) is 0.124. The van der Waals surface area contributed by atoms with Crippen molar-refractivity contribution in [3.63, 3.8) is 0 Å². The Morgan fingerprint density at radius 2 is 2.11 bits per heavy atom. The van der Waals surface area contributed by atoms with Crippen molar-refractivity contribution in [1.82, 2.24) is 4.72 Å². The summed E-state index contributed by atoms with van der Waals surface area (Å²) in [4.78, 5) is -0.316. The van der Waals surface area contributed by atoms with E-state index in [1.165, 1.54) is 13.2 Å². The maximum atomic E-state index is 12.1. The highest BCUT2D eigenvalue weighted by Gasteiger charge is 2.23. The molecule has 0 unspecified atom stereocenters. The summed E-state index contributed by atoms with van der Waals surface area (Å²) in [5.41, 5.74) is 5.82. The van der Waals surface area contributed by atoms with Crippen LogP contribution in [0.4, 0.5) is 8.78 Å². The van der Waals surface area contributed by atoms with Crippen molar-refractivity contribution >= 4 is 21.6 Å². The minimum atomic E-state index is -4.15. The van der Waals surface area contributed by atoms with Gasteiger partial charge in [0.25, 0.3) is 6.43 Å². The van der Waals surface area contributed by atoms with E-state index in [1.807, 2.05) is 0 Å². The number of alkyl halides is 2. The second kappa shape index (κ2) is 6.47. The third-order valence-electron chi connectivity index (χ3n) is 2.24. The highest BCUT2D eigenvalue weighted by Crippen LogP contribution is 2.31. The molecule has 0 aliphatic rings. The van der Waals surface area contributed by atoms with E-state index in [1.54, 1.807) is 4.72 Å². The van der Waals surface area contributed by atoms with Gasteiger partial charge in [0.15, 0.2) is 0 Å². The lowest BCUT2D eigenvalue weighted by Gasteiger charge is -2.14. The van der Waals surface area contributed by atoms with Gasteiger partial charge in [-0.1, -0.05) is 11.6 Å². The molecule has 0 spiro atoms. The summed E-state index contributed by atoms with van der Waals surface area (Å²) in [6.07, 6.45) is -2.80. The first-order valence-electron chi connectivity index (χ1n) is 5.16. The number of nitrogens with one attached hydrogen (secondary N) is 1. The fourth-order valence-electron chi connectivity index (χ4n) is 1.46. The molecule has 108 valence electrons. The van der Waals surface area contributed by atoms with Crippen LogP contribution < -0.4 is 15.2 Å². The van der Waals surface area contributed by atoms with Crippen molar-refractivity contribution in [3.05, 3.63) is 22.7 Å². The van der Waals surface area contributed by atoms with Crippen molar-refractivity contribution < 1.29 is 21.9 Å². The Hall–Kier alpha value is -0.960. The number of hydrogen-bond donors (Lipinski definition) is 2. The predicted molar refractivity (Wildman–Crippen MR) is 67.1 cm³/mol. The van der Waals surface area contributed by atoms with Crippen LogP contribution in [0.2, 0.25) is 5.02 Å². The van der Waals surface area contributed by atoms with Crippen LogP contribution in [-0.2, 0) is 16.6 Å². The number of ether oxygens (including phenoxy) is 1. The number of methoxy groups -OCH3 is 1. The van der Waals surface area contributed by atoms with Gasteiger partial charge in [-0.15, -0.1) is 0 Å². The van der Waals surface area contributed by atoms with Gasteiger partial charge in [-0.3, -0.25) is 0 Å². The van der Waals surface area contributed by atoms with Crippen molar-refractivity contribution in [2.45, 2.75) is 17.9 Å². The lowest BCUT2D eigenvalue weighted by atomic mass is 10.2. The first kappa shape index (κ1) is 16.1. The van der Waals surface area contributed by atoms with Gasteiger partial charge < -0.3 is 10.5 Å². The molecule has 0 atom stereocenters. The Morgan fingerprint density at radius 3 is 2.58 bits per heavy atom. The van der Waals surface area contributed by atoms with E-state index < -0.39 is 23.0 Å². The summed E-state index contributed by atoms with van der Waals surface area (Å²) in [7, 11) is -2.89. The topological polar surface area (TPSA) is 81.4 Å². The quantitative estimate of drug-likeness (QED) is 0.830. The van der Waals surface area contributed by atoms with Crippen molar-refractivity contribution in [2.24, 2.45) is 5.73 Å². The molecular formula is C10H13ClF2N2O3S. The molecule has 5 nitrogen and oxygen atoms in total. The molecule has 0 aromatic heterocycles. The van der Waals surface area contributed by atoms with Gasteiger partial charge in [0.05, 0.1) is 13.7 Å². The largest absolute Gasteiger partial charge is 0.495 e. The van der Waals surface area contributed by atoms with Gasteiger partial charge in [-0.05, 0) is 12.1 Å². The molecule has 9 heteroatoms. The molecule has 0 saturated heterocycles. The summed E-state index contributed by atoms with van der Waals surface area (Å²) in [5.74, 6) is -0.00586. The average molecular weight is 315 g/mol. The van der Waals surface area contributed by atoms with Crippen molar-refractivity contribution in [2.75, 3.05) is 13.7 Å². The van der Waals surface area contributed by atoms with Crippen LogP contribution in [0.1, 0.15) is 5.56 Å². The third-order valence-corrected chi connectivity index (χ3v) is 3.88. The fourth-order valence-corrected chi connectivity index (χ4v) is 3.00. The second-order valence-electron chi connectivity index (χ2n) is 3.54. The lowest BCUT2D eigenvalue weighted by molar-refractivity contribution is 0.153. The molecule has 1 aromatic carbocycles. The molecule has 19 heavy (non-hydrogen) atoms. The zero-order chi connectivity index (χ0) is 14.6. The van der Waals surface area contributed by atoms with E-state index in [4.69, 9.17) is 22.1 Å². The molecular weight excluding hydrogens is 302 g/mol. The Labute approximate surface area is 114 Å². The van der Waals surface area contributed by atoms with Crippen molar-refractivity contribution in [1.29, 1.82) is 0 Å². The summed E-state index contributed by atoms with van der Waals surface area (Å²) in [6.45, 7) is -0.989. The minimum absolute atomic E-state index is 0.00109. The maximum absolute atomic E-state index is 12.1. The first-order chi connectivity index (χ1) is 8.81. The number of rotatable bonds is 6. The van der Waals surface area contributed by atoms with E-state index in [9.17, 15) is 17.2 Å². The molecule has 0 aliphatic carbocycles. The Bertz CT molecular complexity index is 552. The number of nitrogens with two attached hydrogens (primary N) is 1. The van der Waals surface area contributed by atoms with Gasteiger partial charge in [-0.25, -0.2) is 21.9 Å². The summed E-state index contributed by atoms with van der Waals surface area (Å²) < 4.78 is 54.7. The Kier molecular flexibility index (Phi) is 5.48. The van der Waals surface area contributed by atoms with Gasteiger partial charge in [0, 0.05) is 17.1 Å². The standard InChI is InChI=1S/C10H13ClF2N2O3S/c1-18-10-6(4-14)2-7(11)3-8(10)19(16,17)15-5-9(12)13/h2-3,9,15H,4-5,14H2,1H3.